The summed E-state index contributed by atoms with van der Waals surface area (Å²) in [4.78, 5) is 23.2. The largest absolute Gasteiger partial charge is 0.478 e. The van der Waals surface area contributed by atoms with Crippen molar-refractivity contribution in [2.24, 2.45) is 11.1 Å². The molecule has 1 aromatic rings. The molecule has 5 nitrogen and oxygen atoms in total. The molecule has 0 spiro atoms. The normalized spacial score (nSPS) is 16.3. The van der Waals surface area contributed by atoms with Gasteiger partial charge in [-0.05, 0) is 49.4 Å². The summed E-state index contributed by atoms with van der Waals surface area (Å²) in [7, 11) is 0. The van der Waals surface area contributed by atoms with Gasteiger partial charge in [-0.25, -0.2) is 4.79 Å². The standard InChI is InChI=1S/C15H20N2O3/c1-10-11(14(19)20)4-2-5-12(10)17-13(18)8-15(9-16)6-3-7-15/h2,4-5H,3,6-9,16H2,1H3,(H,17,18)(H,19,20). The molecule has 2 rings (SSSR count). The number of hydrogen-bond donors (Lipinski definition) is 3. The number of carbonyl (C=O) groups excluding carboxylic acids is 1. The van der Waals surface area contributed by atoms with E-state index in [2.05, 4.69) is 5.32 Å². The molecule has 1 fully saturated rings. The minimum atomic E-state index is -0.990. The van der Waals surface area contributed by atoms with Crippen LogP contribution in [-0.2, 0) is 4.79 Å². The summed E-state index contributed by atoms with van der Waals surface area (Å²) in [6, 6.07) is 4.88. The van der Waals surface area contributed by atoms with Gasteiger partial charge in [0.05, 0.1) is 5.56 Å². The first-order chi connectivity index (χ1) is 9.47. The lowest BCUT2D eigenvalue weighted by Crippen LogP contribution is -2.40. The van der Waals surface area contributed by atoms with Gasteiger partial charge in [-0.15, -0.1) is 0 Å². The number of carbonyl (C=O) groups is 2. The Labute approximate surface area is 118 Å². The molecule has 1 aromatic carbocycles. The van der Waals surface area contributed by atoms with Crippen molar-refractivity contribution in [1.29, 1.82) is 0 Å². The predicted octanol–water partition coefficient (Wildman–Crippen LogP) is 2.15. The minimum absolute atomic E-state index is 0.0532. The van der Waals surface area contributed by atoms with Gasteiger partial charge in [0, 0.05) is 12.1 Å². The Balaban J connectivity index is 2.08. The highest BCUT2D eigenvalue weighted by Crippen LogP contribution is 2.43. The third-order valence-electron chi connectivity index (χ3n) is 4.22. The number of amides is 1. The van der Waals surface area contributed by atoms with Crippen LogP contribution < -0.4 is 11.1 Å². The van der Waals surface area contributed by atoms with Crippen molar-refractivity contribution < 1.29 is 14.7 Å². The predicted molar refractivity (Wildman–Crippen MR) is 76.7 cm³/mol. The smallest absolute Gasteiger partial charge is 0.336 e. The lowest BCUT2D eigenvalue weighted by molar-refractivity contribution is -0.119. The van der Waals surface area contributed by atoms with Crippen LogP contribution in [0.2, 0.25) is 0 Å². The zero-order chi connectivity index (χ0) is 14.8. The van der Waals surface area contributed by atoms with Gasteiger partial charge in [-0.2, -0.15) is 0 Å². The Kier molecular flexibility index (Phi) is 4.09. The van der Waals surface area contributed by atoms with Gasteiger partial charge in [-0.3, -0.25) is 4.79 Å². The third kappa shape index (κ3) is 2.82. The van der Waals surface area contributed by atoms with Gasteiger partial charge in [0.2, 0.25) is 5.91 Å². The van der Waals surface area contributed by atoms with E-state index in [4.69, 9.17) is 10.8 Å². The average molecular weight is 276 g/mol. The van der Waals surface area contributed by atoms with E-state index in [0.29, 0.717) is 24.2 Å². The fraction of sp³-hybridized carbons (Fsp3) is 0.467. The average Bonchev–Trinajstić information content (AvgIpc) is 2.36. The van der Waals surface area contributed by atoms with E-state index in [9.17, 15) is 9.59 Å². The van der Waals surface area contributed by atoms with Crippen LogP contribution in [0.4, 0.5) is 5.69 Å². The topological polar surface area (TPSA) is 92.4 Å². The molecule has 0 saturated heterocycles. The lowest BCUT2D eigenvalue weighted by atomic mass is 9.66. The highest BCUT2D eigenvalue weighted by Gasteiger charge is 2.37. The van der Waals surface area contributed by atoms with Crippen LogP contribution in [0.5, 0.6) is 0 Å². The lowest BCUT2D eigenvalue weighted by Gasteiger charge is -2.40. The van der Waals surface area contributed by atoms with Gasteiger partial charge in [0.1, 0.15) is 0 Å². The Morgan fingerprint density at radius 3 is 2.60 bits per heavy atom. The molecule has 0 atom stereocenters. The molecule has 0 bridgehead atoms. The SMILES string of the molecule is Cc1c(NC(=O)CC2(CN)CCC2)cccc1C(=O)O. The van der Waals surface area contributed by atoms with Crippen LogP contribution in [0.25, 0.3) is 0 Å². The fourth-order valence-corrected chi connectivity index (χ4v) is 2.67. The van der Waals surface area contributed by atoms with E-state index in [1.165, 1.54) is 6.07 Å². The number of benzene rings is 1. The monoisotopic (exact) mass is 276 g/mol. The van der Waals surface area contributed by atoms with E-state index < -0.39 is 5.97 Å². The Morgan fingerprint density at radius 1 is 1.40 bits per heavy atom. The number of anilines is 1. The summed E-state index contributed by atoms with van der Waals surface area (Å²) in [5, 5.41) is 11.9. The molecule has 108 valence electrons. The van der Waals surface area contributed by atoms with Crippen molar-refractivity contribution >= 4 is 17.6 Å². The van der Waals surface area contributed by atoms with Gasteiger partial charge < -0.3 is 16.2 Å². The molecule has 0 heterocycles. The Hall–Kier alpha value is -1.88. The van der Waals surface area contributed by atoms with Crippen LogP contribution in [0.1, 0.15) is 41.6 Å². The summed E-state index contributed by atoms with van der Waals surface area (Å²) in [5.74, 6) is -1.09. The van der Waals surface area contributed by atoms with E-state index in [0.717, 1.165) is 19.3 Å². The molecule has 20 heavy (non-hydrogen) atoms. The molecule has 4 N–H and O–H groups in total. The second-order valence-electron chi connectivity index (χ2n) is 5.57. The zero-order valence-corrected chi connectivity index (χ0v) is 11.6. The highest BCUT2D eigenvalue weighted by atomic mass is 16.4. The van der Waals surface area contributed by atoms with E-state index in [-0.39, 0.29) is 16.9 Å². The van der Waals surface area contributed by atoms with Gasteiger partial charge in [0.15, 0.2) is 0 Å². The van der Waals surface area contributed by atoms with E-state index >= 15 is 0 Å². The van der Waals surface area contributed by atoms with Crippen molar-refractivity contribution in [2.75, 3.05) is 11.9 Å². The highest BCUT2D eigenvalue weighted by molar-refractivity contribution is 5.96. The maximum atomic E-state index is 12.1. The third-order valence-corrected chi connectivity index (χ3v) is 4.22. The summed E-state index contributed by atoms with van der Waals surface area (Å²) in [6.45, 7) is 2.22. The van der Waals surface area contributed by atoms with Crippen LogP contribution >= 0.6 is 0 Å². The van der Waals surface area contributed by atoms with E-state index in [1.54, 1.807) is 19.1 Å². The molecule has 1 aliphatic carbocycles. The molecule has 0 aromatic heterocycles. The summed E-state index contributed by atoms with van der Waals surface area (Å²) >= 11 is 0. The summed E-state index contributed by atoms with van der Waals surface area (Å²) in [5.41, 5.74) is 7.03. The molecular formula is C15H20N2O3. The Bertz CT molecular complexity index is 530. The van der Waals surface area contributed by atoms with Crippen molar-refractivity contribution in [3.63, 3.8) is 0 Å². The van der Waals surface area contributed by atoms with Crippen molar-refractivity contribution in [2.45, 2.75) is 32.6 Å². The maximum Gasteiger partial charge on any atom is 0.336 e. The van der Waals surface area contributed by atoms with Gasteiger partial charge in [-0.1, -0.05) is 12.5 Å². The van der Waals surface area contributed by atoms with Gasteiger partial charge >= 0.3 is 5.97 Å². The van der Waals surface area contributed by atoms with Crippen LogP contribution in [0.15, 0.2) is 18.2 Å². The van der Waals surface area contributed by atoms with Crippen LogP contribution in [0, 0.1) is 12.3 Å². The first-order valence-corrected chi connectivity index (χ1v) is 6.80. The van der Waals surface area contributed by atoms with Crippen molar-refractivity contribution in [1.82, 2.24) is 0 Å². The maximum absolute atomic E-state index is 12.1. The van der Waals surface area contributed by atoms with Crippen molar-refractivity contribution in [3.05, 3.63) is 29.3 Å². The Morgan fingerprint density at radius 2 is 2.10 bits per heavy atom. The van der Waals surface area contributed by atoms with E-state index in [1.807, 2.05) is 0 Å². The molecule has 1 amide bonds. The second-order valence-corrected chi connectivity index (χ2v) is 5.57. The number of carboxylic acid groups (broad SMARTS) is 1. The molecule has 0 aliphatic heterocycles. The number of aromatic carboxylic acids is 1. The van der Waals surface area contributed by atoms with Crippen molar-refractivity contribution in [3.8, 4) is 0 Å². The number of hydrogen-bond acceptors (Lipinski definition) is 3. The summed E-state index contributed by atoms with van der Waals surface area (Å²) < 4.78 is 0. The first kappa shape index (κ1) is 14.5. The molecule has 5 heteroatoms. The van der Waals surface area contributed by atoms with Crippen LogP contribution in [-0.4, -0.2) is 23.5 Å². The molecule has 1 aliphatic rings. The summed E-state index contributed by atoms with van der Waals surface area (Å²) in [6.07, 6.45) is 3.51. The number of rotatable bonds is 5. The van der Waals surface area contributed by atoms with Gasteiger partial charge in [0.25, 0.3) is 0 Å². The fourth-order valence-electron chi connectivity index (χ4n) is 2.67. The molecular weight excluding hydrogens is 256 g/mol. The molecule has 0 radical (unpaired) electrons. The zero-order valence-electron chi connectivity index (χ0n) is 11.6. The second kappa shape index (κ2) is 5.63. The minimum Gasteiger partial charge on any atom is -0.478 e. The number of carboxylic acids is 1. The number of nitrogens with one attached hydrogen (secondary N) is 1. The quantitative estimate of drug-likeness (QED) is 0.768. The first-order valence-electron chi connectivity index (χ1n) is 6.80. The molecule has 1 saturated carbocycles. The molecule has 0 unspecified atom stereocenters. The van der Waals surface area contributed by atoms with Crippen LogP contribution in [0.3, 0.4) is 0 Å². The number of nitrogens with two attached hydrogens (primary N) is 1.